The molecule has 18 heavy (non-hydrogen) atoms. The van der Waals surface area contributed by atoms with Gasteiger partial charge in [-0.2, -0.15) is 0 Å². The zero-order valence-electron chi connectivity index (χ0n) is 10.3. The van der Waals surface area contributed by atoms with Crippen molar-refractivity contribution in [1.29, 1.82) is 0 Å². The molecular formula is C13H17ClN2O2. The van der Waals surface area contributed by atoms with Crippen molar-refractivity contribution in [2.75, 3.05) is 20.2 Å². The number of carbonyl (C=O) groups is 1. The number of fused-ring (bicyclic) bond motifs is 1. The number of aliphatic hydroxyl groups is 1. The standard InChI is InChI=1S/C13H17ClN2O2/c1-16(6-7-17)13(18)15-12-5-2-9-8-10(14)3-4-11(9)12/h3-4,8,12,17H,2,5-7H2,1H3,(H,15,18). The van der Waals surface area contributed by atoms with Crippen molar-refractivity contribution >= 4 is 17.6 Å². The summed E-state index contributed by atoms with van der Waals surface area (Å²) < 4.78 is 0. The molecule has 0 saturated heterocycles. The van der Waals surface area contributed by atoms with Gasteiger partial charge in [0.1, 0.15) is 0 Å². The van der Waals surface area contributed by atoms with E-state index in [1.54, 1.807) is 7.05 Å². The number of benzene rings is 1. The van der Waals surface area contributed by atoms with Crippen molar-refractivity contribution in [3.8, 4) is 0 Å². The summed E-state index contributed by atoms with van der Waals surface area (Å²) in [5.74, 6) is 0. The summed E-state index contributed by atoms with van der Waals surface area (Å²) in [4.78, 5) is 13.3. The van der Waals surface area contributed by atoms with Crippen LogP contribution in [0, 0.1) is 0 Å². The van der Waals surface area contributed by atoms with Gasteiger partial charge in [-0.1, -0.05) is 17.7 Å². The van der Waals surface area contributed by atoms with E-state index in [9.17, 15) is 4.79 Å². The minimum atomic E-state index is -0.156. The number of hydrogen-bond acceptors (Lipinski definition) is 2. The van der Waals surface area contributed by atoms with Crippen molar-refractivity contribution in [3.63, 3.8) is 0 Å². The number of rotatable bonds is 3. The highest BCUT2D eigenvalue weighted by atomic mass is 35.5. The summed E-state index contributed by atoms with van der Waals surface area (Å²) in [6, 6.07) is 5.67. The Bertz CT molecular complexity index is 451. The summed E-state index contributed by atoms with van der Waals surface area (Å²) in [6.45, 7) is 0.312. The summed E-state index contributed by atoms with van der Waals surface area (Å²) in [6.07, 6.45) is 1.83. The molecule has 0 heterocycles. The smallest absolute Gasteiger partial charge is 0.317 e. The minimum Gasteiger partial charge on any atom is -0.395 e. The maximum atomic E-state index is 11.8. The predicted molar refractivity (Wildman–Crippen MR) is 70.8 cm³/mol. The third kappa shape index (κ3) is 2.76. The summed E-state index contributed by atoms with van der Waals surface area (Å²) >= 11 is 5.95. The normalized spacial score (nSPS) is 17.4. The van der Waals surface area contributed by atoms with E-state index < -0.39 is 0 Å². The fourth-order valence-corrected chi connectivity index (χ4v) is 2.44. The van der Waals surface area contributed by atoms with Crippen LogP contribution in [0.1, 0.15) is 23.6 Å². The largest absolute Gasteiger partial charge is 0.395 e. The molecule has 0 saturated carbocycles. The van der Waals surface area contributed by atoms with Gasteiger partial charge in [0.15, 0.2) is 0 Å². The van der Waals surface area contributed by atoms with E-state index in [1.807, 2.05) is 18.2 Å². The highest BCUT2D eigenvalue weighted by molar-refractivity contribution is 6.30. The third-order valence-corrected chi connectivity index (χ3v) is 3.50. The molecule has 0 fully saturated rings. The molecule has 1 aliphatic carbocycles. The maximum absolute atomic E-state index is 11.8. The molecular weight excluding hydrogens is 252 g/mol. The molecule has 2 N–H and O–H groups in total. The first-order chi connectivity index (χ1) is 8.61. The average Bonchev–Trinajstić information content (AvgIpc) is 2.72. The molecule has 0 aliphatic heterocycles. The zero-order chi connectivity index (χ0) is 13.1. The monoisotopic (exact) mass is 268 g/mol. The first-order valence-corrected chi connectivity index (χ1v) is 6.40. The Kier molecular flexibility index (Phi) is 4.09. The Hall–Kier alpha value is -1.26. The number of nitrogens with one attached hydrogen (secondary N) is 1. The lowest BCUT2D eigenvalue weighted by Crippen LogP contribution is -2.40. The number of nitrogens with zero attached hydrogens (tertiary/aromatic N) is 1. The molecule has 1 unspecified atom stereocenters. The molecule has 0 bridgehead atoms. The van der Waals surface area contributed by atoms with Crippen LogP contribution in [-0.2, 0) is 6.42 Å². The number of aliphatic hydroxyl groups excluding tert-OH is 1. The second-order valence-electron chi connectivity index (χ2n) is 4.53. The second-order valence-corrected chi connectivity index (χ2v) is 4.97. The lowest BCUT2D eigenvalue weighted by Gasteiger charge is -2.20. The minimum absolute atomic E-state index is 0.0270. The van der Waals surface area contributed by atoms with E-state index in [-0.39, 0.29) is 18.7 Å². The Balaban J connectivity index is 2.03. The summed E-state index contributed by atoms with van der Waals surface area (Å²) in [7, 11) is 1.67. The first kappa shape index (κ1) is 13.2. The molecule has 2 rings (SSSR count). The second kappa shape index (κ2) is 5.59. The molecule has 1 atom stereocenters. The molecule has 0 spiro atoms. The fourth-order valence-electron chi connectivity index (χ4n) is 2.25. The van der Waals surface area contributed by atoms with Crippen LogP contribution in [0.15, 0.2) is 18.2 Å². The van der Waals surface area contributed by atoms with Gasteiger partial charge in [-0.05, 0) is 36.1 Å². The van der Waals surface area contributed by atoms with Crippen LogP contribution < -0.4 is 5.32 Å². The number of halogens is 1. The Labute approximate surface area is 112 Å². The molecule has 4 nitrogen and oxygen atoms in total. The van der Waals surface area contributed by atoms with Crippen molar-refractivity contribution in [2.24, 2.45) is 0 Å². The lowest BCUT2D eigenvalue weighted by molar-refractivity contribution is 0.187. The van der Waals surface area contributed by atoms with Gasteiger partial charge in [-0.15, -0.1) is 0 Å². The molecule has 0 aromatic heterocycles. The number of urea groups is 1. The molecule has 98 valence electrons. The van der Waals surface area contributed by atoms with Crippen molar-refractivity contribution in [2.45, 2.75) is 18.9 Å². The van der Waals surface area contributed by atoms with Gasteiger partial charge in [0.25, 0.3) is 0 Å². The molecule has 1 aromatic carbocycles. The van der Waals surface area contributed by atoms with Crippen molar-refractivity contribution in [3.05, 3.63) is 34.3 Å². The summed E-state index contributed by atoms with van der Waals surface area (Å²) in [5.41, 5.74) is 2.35. The van der Waals surface area contributed by atoms with Gasteiger partial charge >= 0.3 is 6.03 Å². The van der Waals surface area contributed by atoms with Gasteiger partial charge in [0.05, 0.1) is 12.6 Å². The van der Waals surface area contributed by atoms with Crippen LogP contribution in [-0.4, -0.2) is 36.2 Å². The predicted octanol–water partition coefficient (Wildman–Crippen LogP) is 1.96. The number of aryl methyl sites for hydroxylation is 1. The number of likely N-dealkylation sites (N-methyl/N-ethyl adjacent to an activating group) is 1. The molecule has 0 radical (unpaired) electrons. The van der Waals surface area contributed by atoms with Crippen LogP contribution in [0.25, 0.3) is 0 Å². The van der Waals surface area contributed by atoms with Crippen LogP contribution in [0.3, 0.4) is 0 Å². The van der Waals surface area contributed by atoms with Crippen molar-refractivity contribution < 1.29 is 9.90 Å². The number of hydrogen-bond donors (Lipinski definition) is 2. The Morgan fingerprint density at radius 1 is 1.61 bits per heavy atom. The molecule has 1 aliphatic rings. The topological polar surface area (TPSA) is 52.6 Å². The Morgan fingerprint density at radius 2 is 2.39 bits per heavy atom. The SMILES string of the molecule is CN(CCO)C(=O)NC1CCc2cc(Cl)ccc21. The quantitative estimate of drug-likeness (QED) is 0.881. The molecule has 5 heteroatoms. The Morgan fingerprint density at radius 3 is 3.11 bits per heavy atom. The van der Waals surface area contributed by atoms with E-state index in [4.69, 9.17) is 16.7 Å². The van der Waals surface area contributed by atoms with Gasteiger partial charge in [-0.25, -0.2) is 4.79 Å². The van der Waals surface area contributed by atoms with Crippen LogP contribution >= 0.6 is 11.6 Å². The van der Waals surface area contributed by atoms with E-state index in [0.717, 1.165) is 23.4 Å². The third-order valence-electron chi connectivity index (χ3n) is 3.26. The van der Waals surface area contributed by atoms with E-state index in [1.165, 1.54) is 10.5 Å². The van der Waals surface area contributed by atoms with Gasteiger partial charge in [-0.3, -0.25) is 0 Å². The van der Waals surface area contributed by atoms with Gasteiger partial charge < -0.3 is 15.3 Å². The van der Waals surface area contributed by atoms with Crippen LogP contribution in [0.5, 0.6) is 0 Å². The van der Waals surface area contributed by atoms with E-state index in [2.05, 4.69) is 5.32 Å². The molecule has 2 amide bonds. The van der Waals surface area contributed by atoms with Crippen LogP contribution in [0.2, 0.25) is 5.02 Å². The summed E-state index contributed by atoms with van der Waals surface area (Å²) in [5, 5.41) is 12.5. The lowest BCUT2D eigenvalue weighted by atomic mass is 10.1. The maximum Gasteiger partial charge on any atom is 0.317 e. The van der Waals surface area contributed by atoms with E-state index in [0.29, 0.717) is 6.54 Å². The highest BCUT2D eigenvalue weighted by Crippen LogP contribution is 2.32. The first-order valence-electron chi connectivity index (χ1n) is 6.02. The van der Waals surface area contributed by atoms with Gasteiger partial charge in [0, 0.05) is 18.6 Å². The fraction of sp³-hybridized carbons (Fsp3) is 0.462. The van der Waals surface area contributed by atoms with E-state index >= 15 is 0 Å². The highest BCUT2D eigenvalue weighted by Gasteiger charge is 2.24. The number of carbonyl (C=O) groups excluding carboxylic acids is 1. The van der Waals surface area contributed by atoms with Gasteiger partial charge in [0.2, 0.25) is 0 Å². The van der Waals surface area contributed by atoms with Crippen molar-refractivity contribution in [1.82, 2.24) is 10.2 Å². The molecule has 1 aromatic rings. The average molecular weight is 269 g/mol. The van der Waals surface area contributed by atoms with Crippen LogP contribution in [0.4, 0.5) is 4.79 Å². The zero-order valence-corrected chi connectivity index (χ0v) is 11.1. The number of amides is 2.